The van der Waals surface area contributed by atoms with Crippen LogP contribution in [-0.4, -0.2) is 19.1 Å². The zero-order valence-electron chi connectivity index (χ0n) is 13.5. The Morgan fingerprint density at radius 1 is 1.14 bits per heavy atom. The molecule has 0 saturated heterocycles. The largest absolute Gasteiger partial charge is 0.369 e. The van der Waals surface area contributed by atoms with Crippen molar-refractivity contribution in [2.24, 2.45) is 0 Å². The van der Waals surface area contributed by atoms with E-state index < -0.39 is 0 Å². The summed E-state index contributed by atoms with van der Waals surface area (Å²) in [5.74, 6) is -0.116. The standard InChI is InChI=1S/C18H29FN2/c1-3-10-20-14-15-11-16(19)13-18(12-15)21(4-2)17-8-6-5-7-9-17/h11-13,17,20H,3-10,14H2,1-2H3. The van der Waals surface area contributed by atoms with Crippen LogP contribution in [0.25, 0.3) is 0 Å². The van der Waals surface area contributed by atoms with Crippen LogP contribution in [0.15, 0.2) is 18.2 Å². The van der Waals surface area contributed by atoms with E-state index in [-0.39, 0.29) is 5.82 Å². The van der Waals surface area contributed by atoms with Crippen molar-refractivity contribution in [1.29, 1.82) is 0 Å². The molecule has 1 N–H and O–H groups in total. The van der Waals surface area contributed by atoms with Crippen LogP contribution in [0.1, 0.15) is 57.9 Å². The summed E-state index contributed by atoms with van der Waals surface area (Å²) in [5.41, 5.74) is 2.10. The highest BCUT2D eigenvalue weighted by Gasteiger charge is 2.20. The van der Waals surface area contributed by atoms with Crippen molar-refractivity contribution in [3.63, 3.8) is 0 Å². The molecule has 0 spiro atoms. The van der Waals surface area contributed by atoms with Crippen molar-refractivity contribution < 1.29 is 4.39 Å². The van der Waals surface area contributed by atoms with Gasteiger partial charge in [-0.05, 0) is 56.5 Å². The minimum atomic E-state index is -0.116. The summed E-state index contributed by atoms with van der Waals surface area (Å²) >= 11 is 0. The minimum Gasteiger partial charge on any atom is -0.369 e. The smallest absolute Gasteiger partial charge is 0.125 e. The predicted molar refractivity (Wildman–Crippen MR) is 88.3 cm³/mol. The zero-order chi connectivity index (χ0) is 15.1. The van der Waals surface area contributed by atoms with Crippen LogP contribution in [0.4, 0.5) is 10.1 Å². The molecule has 1 aliphatic carbocycles. The van der Waals surface area contributed by atoms with Gasteiger partial charge in [0.05, 0.1) is 0 Å². The Morgan fingerprint density at radius 2 is 1.90 bits per heavy atom. The maximum absolute atomic E-state index is 13.9. The van der Waals surface area contributed by atoms with Gasteiger partial charge < -0.3 is 10.2 Å². The Labute approximate surface area is 128 Å². The third kappa shape index (κ3) is 4.70. The van der Waals surface area contributed by atoms with Crippen molar-refractivity contribution in [3.8, 4) is 0 Å². The first kappa shape index (κ1) is 16.3. The van der Waals surface area contributed by atoms with Crippen molar-refractivity contribution in [2.75, 3.05) is 18.0 Å². The lowest BCUT2D eigenvalue weighted by Crippen LogP contribution is -2.36. The number of nitrogens with zero attached hydrogens (tertiary/aromatic N) is 1. The molecular formula is C18H29FN2. The Balaban J connectivity index is 2.11. The first-order valence-corrected chi connectivity index (χ1v) is 8.51. The second kappa shape index (κ2) is 8.38. The molecule has 0 bridgehead atoms. The van der Waals surface area contributed by atoms with Gasteiger partial charge in [-0.2, -0.15) is 0 Å². The Bertz CT molecular complexity index is 427. The maximum atomic E-state index is 13.9. The van der Waals surface area contributed by atoms with Crippen LogP contribution in [0.3, 0.4) is 0 Å². The van der Waals surface area contributed by atoms with E-state index in [1.165, 1.54) is 32.1 Å². The highest BCUT2D eigenvalue weighted by atomic mass is 19.1. The van der Waals surface area contributed by atoms with Crippen LogP contribution in [-0.2, 0) is 6.54 Å². The minimum absolute atomic E-state index is 0.116. The van der Waals surface area contributed by atoms with Gasteiger partial charge >= 0.3 is 0 Å². The van der Waals surface area contributed by atoms with E-state index in [9.17, 15) is 4.39 Å². The number of anilines is 1. The summed E-state index contributed by atoms with van der Waals surface area (Å²) in [6.45, 7) is 7.00. The van der Waals surface area contributed by atoms with E-state index >= 15 is 0 Å². The number of hydrogen-bond donors (Lipinski definition) is 1. The van der Waals surface area contributed by atoms with Crippen molar-refractivity contribution >= 4 is 5.69 Å². The van der Waals surface area contributed by atoms with Crippen LogP contribution in [0, 0.1) is 5.82 Å². The van der Waals surface area contributed by atoms with Crippen molar-refractivity contribution in [2.45, 2.75) is 65.0 Å². The molecule has 21 heavy (non-hydrogen) atoms. The van der Waals surface area contributed by atoms with Gasteiger partial charge in [0.1, 0.15) is 5.82 Å². The van der Waals surface area contributed by atoms with Gasteiger partial charge in [-0.3, -0.25) is 0 Å². The molecule has 1 aliphatic rings. The second-order valence-corrected chi connectivity index (χ2v) is 6.07. The quantitative estimate of drug-likeness (QED) is 0.745. The Kier molecular flexibility index (Phi) is 6.50. The molecule has 2 rings (SSSR count). The highest BCUT2D eigenvalue weighted by Crippen LogP contribution is 2.28. The average Bonchev–Trinajstić information content (AvgIpc) is 2.49. The first-order chi connectivity index (χ1) is 10.2. The molecule has 1 aromatic carbocycles. The molecule has 118 valence electrons. The SMILES string of the molecule is CCCNCc1cc(F)cc(N(CC)C2CCCCC2)c1. The normalized spacial score (nSPS) is 16.1. The van der Waals surface area contributed by atoms with Crippen LogP contribution < -0.4 is 10.2 Å². The molecule has 1 saturated carbocycles. The van der Waals surface area contributed by atoms with E-state index in [4.69, 9.17) is 0 Å². The predicted octanol–water partition coefficient (Wildman–Crippen LogP) is 4.48. The summed E-state index contributed by atoms with van der Waals surface area (Å²) in [6.07, 6.45) is 7.55. The number of benzene rings is 1. The lowest BCUT2D eigenvalue weighted by atomic mass is 9.93. The van der Waals surface area contributed by atoms with E-state index in [0.717, 1.165) is 37.3 Å². The van der Waals surface area contributed by atoms with Gasteiger partial charge in [-0.1, -0.05) is 26.2 Å². The van der Waals surface area contributed by atoms with E-state index in [2.05, 4.69) is 30.1 Å². The van der Waals surface area contributed by atoms with Crippen LogP contribution in [0.5, 0.6) is 0 Å². The lowest BCUT2D eigenvalue weighted by Gasteiger charge is -2.35. The average molecular weight is 292 g/mol. The van der Waals surface area contributed by atoms with Crippen LogP contribution in [0.2, 0.25) is 0 Å². The van der Waals surface area contributed by atoms with Gasteiger partial charge in [0.15, 0.2) is 0 Å². The summed E-state index contributed by atoms with van der Waals surface area (Å²) in [5, 5.41) is 3.36. The lowest BCUT2D eigenvalue weighted by molar-refractivity contribution is 0.417. The Morgan fingerprint density at radius 3 is 2.57 bits per heavy atom. The van der Waals surface area contributed by atoms with Crippen LogP contribution >= 0.6 is 0 Å². The number of halogens is 1. The Hall–Kier alpha value is -1.09. The molecule has 0 amide bonds. The maximum Gasteiger partial charge on any atom is 0.125 e. The summed E-state index contributed by atoms with van der Waals surface area (Å²) in [7, 11) is 0. The topological polar surface area (TPSA) is 15.3 Å². The monoisotopic (exact) mass is 292 g/mol. The molecule has 0 unspecified atom stereocenters. The fourth-order valence-corrected chi connectivity index (χ4v) is 3.36. The van der Waals surface area contributed by atoms with Gasteiger partial charge in [0.25, 0.3) is 0 Å². The van der Waals surface area contributed by atoms with Gasteiger partial charge in [-0.25, -0.2) is 4.39 Å². The molecule has 0 atom stereocenters. The summed E-state index contributed by atoms with van der Waals surface area (Å²) in [4.78, 5) is 2.39. The van der Waals surface area contributed by atoms with E-state index in [0.29, 0.717) is 6.04 Å². The van der Waals surface area contributed by atoms with Gasteiger partial charge in [0.2, 0.25) is 0 Å². The molecule has 0 aliphatic heterocycles. The zero-order valence-corrected chi connectivity index (χ0v) is 13.5. The number of rotatable bonds is 7. The van der Waals surface area contributed by atoms with E-state index in [1.54, 1.807) is 12.1 Å². The third-order valence-electron chi connectivity index (χ3n) is 4.39. The molecule has 1 aromatic rings. The van der Waals surface area contributed by atoms with Crippen molar-refractivity contribution in [1.82, 2.24) is 5.32 Å². The van der Waals surface area contributed by atoms with Gasteiger partial charge in [0, 0.05) is 24.8 Å². The number of nitrogens with one attached hydrogen (secondary N) is 1. The summed E-state index contributed by atoms with van der Waals surface area (Å²) < 4.78 is 13.9. The van der Waals surface area contributed by atoms with Gasteiger partial charge in [-0.15, -0.1) is 0 Å². The molecule has 0 radical (unpaired) electrons. The second-order valence-electron chi connectivity index (χ2n) is 6.07. The summed E-state index contributed by atoms with van der Waals surface area (Å²) in [6, 6.07) is 6.09. The first-order valence-electron chi connectivity index (χ1n) is 8.51. The van der Waals surface area contributed by atoms with Crippen molar-refractivity contribution in [3.05, 3.63) is 29.6 Å². The molecule has 0 heterocycles. The van der Waals surface area contributed by atoms with E-state index in [1.807, 2.05) is 0 Å². The molecular weight excluding hydrogens is 263 g/mol. The molecule has 0 aromatic heterocycles. The number of hydrogen-bond acceptors (Lipinski definition) is 2. The molecule has 1 fully saturated rings. The fraction of sp³-hybridized carbons (Fsp3) is 0.667. The highest BCUT2D eigenvalue weighted by molar-refractivity contribution is 5.50. The molecule has 3 heteroatoms. The molecule has 2 nitrogen and oxygen atoms in total. The fourth-order valence-electron chi connectivity index (χ4n) is 3.36. The third-order valence-corrected chi connectivity index (χ3v) is 4.39.